The highest BCUT2D eigenvalue weighted by Crippen LogP contribution is 2.10. The van der Waals surface area contributed by atoms with Crippen molar-refractivity contribution < 1.29 is 16.8 Å². The number of tetrazole rings is 1. The lowest BCUT2D eigenvalue weighted by molar-refractivity contribution is 0.580. The zero-order valence-corrected chi connectivity index (χ0v) is 10.5. The van der Waals surface area contributed by atoms with Gasteiger partial charge in [0.1, 0.15) is 0 Å². The summed E-state index contributed by atoms with van der Waals surface area (Å²) in [7, 11) is -7.76. The van der Waals surface area contributed by atoms with Crippen molar-refractivity contribution in [2.75, 3.05) is 11.5 Å². The van der Waals surface area contributed by atoms with Gasteiger partial charge in [-0.05, 0) is 10.4 Å². The van der Waals surface area contributed by atoms with E-state index >= 15 is 0 Å². The van der Waals surface area contributed by atoms with Gasteiger partial charge < -0.3 is 0 Å². The summed E-state index contributed by atoms with van der Waals surface area (Å²) in [5, 5.41) is 14.8. The van der Waals surface area contributed by atoms with Crippen LogP contribution in [0.15, 0.2) is 17.4 Å². The van der Waals surface area contributed by atoms with Crippen LogP contribution in [-0.2, 0) is 19.9 Å². The van der Waals surface area contributed by atoms with Crippen molar-refractivity contribution in [1.82, 2.24) is 25.0 Å². The first kappa shape index (κ1) is 12.8. The molecular weight excluding hydrogens is 284 g/mol. The molecule has 2 N–H and O–H groups in total. The first-order valence-corrected chi connectivity index (χ1v) is 7.92. The Balaban J connectivity index is 2.44. The second-order valence-corrected chi connectivity index (χ2v) is 7.17. The second-order valence-electron chi connectivity index (χ2n) is 3.38. The molecule has 0 aliphatic rings. The van der Waals surface area contributed by atoms with Gasteiger partial charge in [0, 0.05) is 0 Å². The number of nitrogens with zero attached hydrogens (tertiary/aromatic N) is 5. The minimum atomic E-state index is -3.89. The average Bonchev–Trinajstić information content (AvgIpc) is 2.73. The standard InChI is InChI=1S/C6H8N6O4S2/c7-18(15,16)2-1-17(13,14)6-4-8-3-5-9-10-11-12(5)6/h3-4H,1-2H2,(H2,7,15,16). The molecule has 98 valence electrons. The summed E-state index contributed by atoms with van der Waals surface area (Å²) in [5.74, 6) is -1.35. The van der Waals surface area contributed by atoms with Gasteiger partial charge in [-0.2, -0.15) is 4.52 Å². The van der Waals surface area contributed by atoms with Gasteiger partial charge in [-0.15, -0.1) is 5.10 Å². The quantitative estimate of drug-likeness (QED) is 0.654. The zero-order chi connectivity index (χ0) is 13.4. The largest absolute Gasteiger partial charge is 0.258 e. The van der Waals surface area contributed by atoms with Crippen molar-refractivity contribution in [1.29, 1.82) is 0 Å². The van der Waals surface area contributed by atoms with Crippen molar-refractivity contribution in [2.24, 2.45) is 5.14 Å². The molecule has 2 heterocycles. The topological polar surface area (TPSA) is 150 Å². The summed E-state index contributed by atoms with van der Waals surface area (Å²) in [5.41, 5.74) is 0.145. The van der Waals surface area contributed by atoms with Crippen LogP contribution in [0.4, 0.5) is 0 Å². The molecule has 10 nitrogen and oxygen atoms in total. The van der Waals surface area contributed by atoms with E-state index in [2.05, 4.69) is 20.5 Å². The Hall–Kier alpha value is -1.66. The summed E-state index contributed by atoms with van der Waals surface area (Å²) >= 11 is 0. The lowest BCUT2D eigenvalue weighted by Gasteiger charge is -2.03. The predicted molar refractivity (Wildman–Crippen MR) is 58.6 cm³/mol. The molecular formula is C6H8N6O4S2. The van der Waals surface area contributed by atoms with Gasteiger partial charge in [0.15, 0.2) is 20.5 Å². The third-order valence-corrected chi connectivity index (χ3v) is 4.72. The molecule has 0 radical (unpaired) electrons. The van der Waals surface area contributed by atoms with Gasteiger partial charge >= 0.3 is 0 Å². The minimum Gasteiger partial charge on any atom is -0.258 e. The molecule has 2 aromatic heterocycles. The lowest BCUT2D eigenvalue weighted by Crippen LogP contribution is -2.24. The first-order valence-electron chi connectivity index (χ1n) is 4.55. The van der Waals surface area contributed by atoms with Crippen molar-refractivity contribution in [3.05, 3.63) is 12.4 Å². The van der Waals surface area contributed by atoms with Crippen LogP contribution in [0.25, 0.3) is 5.65 Å². The van der Waals surface area contributed by atoms with Crippen LogP contribution in [0.3, 0.4) is 0 Å². The van der Waals surface area contributed by atoms with E-state index in [1.165, 1.54) is 6.20 Å². The molecule has 0 amide bonds. The molecule has 0 fully saturated rings. The van der Waals surface area contributed by atoms with E-state index in [1.807, 2.05) is 0 Å². The Kier molecular flexibility index (Phi) is 3.00. The van der Waals surface area contributed by atoms with Gasteiger partial charge in [-0.25, -0.2) is 22.0 Å². The monoisotopic (exact) mass is 292 g/mol. The Morgan fingerprint density at radius 2 is 1.89 bits per heavy atom. The molecule has 0 bridgehead atoms. The molecule has 18 heavy (non-hydrogen) atoms. The Morgan fingerprint density at radius 1 is 1.17 bits per heavy atom. The van der Waals surface area contributed by atoms with E-state index in [-0.39, 0.29) is 10.7 Å². The number of nitrogens with two attached hydrogens (primary N) is 1. The number of rotatable bonds is 4. The molecule has 0 spiro atoms. The van der Waals surface area contributed by atoms with Crippen LogP contribution < -0.4 is 5.14 Å². The normalized spacial score (nSPS) is 12.9. The maximum atomic E-state index is 11.9. The number of hydrogen-bond donors (Lipinski definition) is 1. The molecule has 0 aliphatic carbocycles. The Morgan fingerprint density at radius 3 is 2.56 bits per heavy atom. The molecule has 12 heteroatoms. The maximum Gasteiger partial charge on any atom is 0.210 e. The maximum absolute atomic E-state index is 11.9. The Bertz CT molecular complexity index is 779. The third kappa shape index (κ3) is 2.60. The molecule has 0 saturated heterocycles. The predicted octanol–water partition coefficient (Wildman–Crippen LogP) is -2.42. The van der Waals surface area contributed by atoms with E-state index in [0.29, 0.717) is 0 Å². The average molecular weight is 292 g/mol. The van der Waals surface area contributed by atoms with E-state index < -0.39 is 31.4 Å². The lowest BCUT2D eigenvalue weighted by atomic mass is 10.7. The van der Waals surface area contributed by atoms with Crippen molar-refractivity contribution >= 4 is 25.5 Å². The van der Waals surface area contributed by atoms with E-state index in [4.69, 9.17) is 5.14 Å². The molecule has 0 atom stereocenters. The minimum absolute atomic E-state index is 0.145. The fourth-order valence-corrected chi connectivity index (χ4v) is 3.83. The molecule has 0 unspecified atom stereocenters. The molecule has 0 aromatic carbocycles. The van der Waals surface area contributed by atoms with Crippen molar-refractivity contribution in [3.63, 3.8) is 0 Å². The van der Waals surface area contributed by atoms with Crippen LogP contribution in [0.2, 0.25) is 0 Å². The highest BCUT2D eigenvalue weighted by Gasteiger charge is 2.22. The highest BCUT2D eigenvalue weighted by atomic mass is 32.2. The van der Waals surface area contributed by atoms with Gasteiger partial charge in [-0.1, -0.05) is 0 Å². The van der Waals surface area contributed by atoms with Gasteiger partial charge in [0.25, 0.3) is 0 Å². The molecule has 0 aliphatic heterocycles. The van der Waals surface area contributed by atoms with Gasteiger partial charge in [0.05, 0.1) is 23.9 Å². The van der Waals surface area contributed by atoms with Crippen molar-refractivity contribution in [2.45, 2.75) is 5.03 Å². The van der Waals surface area contributed by atoms with E-state index in [1.54, 1.807) is 0 Å². The Labute approximate surface area is 102 Å². The SMILES string of the molecule is NS(=O)(=O)CCS(=O)(=O)c1cncc2nnnn12. The summed E-state index contributed by atoms with van der Waals surface area (Å²) in [6, 6.07) is 0. The van der Waals surface area contributed by atoms with E-state index in [9.17, 15) is 16.8 Å². The number of primary sulfonamides is 1. The van der Waals surface area contributed by atoms with Crippen LogP contribution in [-0.4, -0.2) is 53.4 Å². The van der Waals surface area contributed by atoms with Crippen LogP contribution in [0, 0.1) is 0 Å². The van der Waals surface area contributed by atoms with Gasteiger partial charge in [-0.3, -0.25) is 4.98 Å². The number of fused-ring (bicyclic) bond motifs is 1. The number of aromatic nitrogens is 5. The van der Waals surface area contributed by atoms with Crippen LogP contribution in [0.5, 0.6) is 0 Å². The highest BCUT2D eigenvalue weighted by molar-refractivity contribution is 7.94. The first-order chi connectivity index (χ1) is 8.30. The second kappa shape index (κ2) is 4.22. The molecule has 2 aromatic rings. The summed E-state index contributed by atoms with van der Waals surface area (Å²) < 4.78 is 46.3. The summed E-state index contributed by atoms with van der Waals surface area (Å²) in [6.07, 6.45) is 2.32. The van der Waals surface area contributed by atoms with E-state index in [0.717, 1.165) is 10.7 Å². The smallest absolute Gasteiger partial charge is 0.210 e. The van der Waals surface area contributed by atoms with Crippen LogP contribution in [0.1, 0.15) is 0 Å². The fourth-order valence-electron chi connectivity index (χ4n) is 1.20. The summed E-state index contributed by atoms with van der Waals surface area (Å²) in [6.45, 7) is 0. The van der Waals surface area contributed by atoms with Crippen LogP contribution >= 0.6 is 0 Å². The zero-order valence-electron chi connectivity index (χ0n) is 8.83. The molecule has 0 saturated carbocycles. The fraction of sp³-hybridized carbons (Fsp3) is 0.333. The number of sulfone groups is 1. The number of hydrogen-bond acceptors (Lipinski definition) is 8. The van der Waals surface area contributed by atoms with Gasteiger partial charge in [0.2, 0.25) is 10.0 Å². The number of sulfonamides is 1. The third-order valence-electron chi connectivity index (χ3n) is 2.03. The summed E-state index contributed by atoms with van der Waals surface area (Å²) in [4.78, 5) is 3.67. The molecule has 2 rings (SSSR count). The van der Waals surface area contributed by atoms with Crippen molar-refractivity contribution in [3.8, 4) is 0 Å².